The minimum absolute atomic E-state index is 0.151. The molecule has 0 atom stereocenters. The molecule has 0 spiro atoms. The molecule has 0 radical (unpaired) electrons. The number of pyridine rings is 1. The maximum Gasteiger partial charge on any atom is 0.258 e. The molecule has 0 amide bonds. The fourth-order valence-electron chi connectivity index (χ4n) is 3.07. The zero-order valence-corrected chi connectivity index (χ0v) is 15.9. The van der Waals surface area contributed by atoms with E-state index in [1.165, 1.54) is 18.9 Å². The van der Waals surface area contributed by atoms with E-state index in [0.29, 0.717) is 22.9 Å². The lowest BCUT2D eigenvalue weighted by atomic mass is 10.2. The number of H-pyrrole nitrogens is 1. The number of aromatic nitrogens is 3. The summed E-state index contributed by atoms with van der Waals surface area (Å²) in [6.07, 6.45) is 5.73. The van der Waals surface area contributed by atoms with Crippen LogP contribution in [0.5, 0.6) is 5.75 Å². The Labute approximate surface area is 162 Å². The number of benzene rings is 1. The lowest BCUT2D eigenvalue weighted by Crippen LogP contribution is -2.16. The Morgan fingerprint density at radius 1 is 1.26 bits per heavy atom. The van der Waals surface area contributed by atoms with E-state index in [1.807, 2.05) is 24.3 Å². The predicted molar refractivity (Wildman–Crippen MR) is 104 cm³/mol. The Hall–Kier alpha value is -2.80. The molecule has 1 saturated carbocycles. The van der Waals surface area contributed by atoms with Crippen molar-refractivity contribution in [1.29, 1.82) is 0 Å². The first-order chi connectivity index (χ1) is 13.2. The molecule has 3 heterocycles. The lowest BCUT2D eigenvalue weighted by molar-refractivity contribution is 0.304. The van der Waals surface area contributed by atoms with Crippen LogP contribution in [0, 0.1) is 0 Å². The van der Waals surface area contributed by atoms with Gasteiger partial charge in [-0.15, -0.1) is 0 Å². The lowest BCUT2D eigenvalue weighted by Gasteiger charge is -2.08. The number of aromatic amines is 1. The van der Waals surface area contributed by atoms with Crippen LogP contribution in [-0.4, -0.2) is 14.5 Å². The Balaban J connectivity index is 1.39. The van der Waals surface area contributed by atoms with Gasteiger partial charge in [-0.1, -0.05) is 0 Å². The molecule has 1 fully saturated rings. The average Bonchev–Trinajstić information content (AvgIpc) is 3.29. The first-order valence-corrected chi connectivity index (χ1v) is 9.53. The van der Waals surface area contributed by atoms with Gasteiger partial charge < -0.3 is 14.1 Å². The van der Waals surface area contributed by atoms with Crippen molar-refractivity contribution in [1.82, 2.24) is 14.5 Å². The number of furan rings is 1. The summed E-state index contributed by atoms with van der Waals surface area (Å²) >= 11 is 3.25. The molecule has 4 aromatic rings. The summed E-state index contributed by atoms with van der Waals surface area (Å²) in [6, 6.07) is 10.9. The van der Waals surface area contributed by atoms with Crippen LogP contribution in [0.15, 0.2) is 62.7 Å². The van der Waals surface area contributed by atoms with Gasteiger partial charge in [-0.3, -0.25) is 9.36 Å². The average molecular weight is 426 g/mol. The smallest absolute Gasteiger partial charge is 0.258 e. The zero-order valence-electron chi connectivity index (χ0n) is 14.3. The number of fused-ring (bicyclic) bond motifs is 1. The monoisotopic (exact) mass is 425 g/mol. The maximum atomic E-state index is 12.5. The van der Waals surface area contributed by atoms with Crippen LogP contribution in [0.3, 0.4) is 0 Å². The Morgan fingerprint density at radius 2 is 2.15 bits per heavy atom. The molecule has 1 aliphatic carbocycles. The number of halogens is 1. The molecule has 136 valence electrons. The van der Waals surface area contributed by atoms with Crippen molar-refractivity contribution in [3.05, 3.63) is 75.3 Å². The van der Waals surface area contributed by atoms with Gasteiger partial charge >= 0.3 is 0 Å². The summed E-state index contributed by atoms with van der Waals surface area (Å²) < 4.78 is 13.1. The molecule has 5 rings (SSSR count). The van der Waals surface area contributed by atoms with Gasteiger partial charge in [-0.25, -0.2) is 4.98 Å². The predicted octanol–water partition coefficient (Wildman–Crippen LogP) is 4.53. The van der Waals surface area contributed by atoms with Gasteiger partial charge in [0.1, 0.15) is 18.2 Å². The van der Waals surface area contributed by atoms with Crippen molar-refractivity contribution in [2.24, 2.45) is 0 Å². The molecule has 6 nitrogen and oxygen atoms in total. The van der Waals surface area contributed by atoms with Gasteiger partial charge in [0, 0.05) is 23.7 Å². The minimum Gasteiger partial charge on any atom is -0.489 e. The molecule has 3 aromatic heterocycles. The first-order valence-electron chi connectivity index (χ1n) is 8.74. The highest BCUT2D eigenvalue weighted by molar-refractivity contribution is 9.10. The summed E-state index contributed by atoms with van der Waals surface area (Å²) in [4.78, 5) is 20.5. The quantitative estimate of drug-likeness (QED) is 0.509. The van der Waals surface area contributed by atoms with Gasteiger partial charge in [-0.05, 0) is 59.1 Å². The molecule has 0 bridgehead atoms. The van der Waals surface area contributed by atoms with E-state index < -0.39 is 0 Å². The topological polar surface area (TPSA) is 73.0 Å². The van der Waals surface area contributed by atoms with Gasteiger partial charge in [-0.2, -0.15) is 0 Å². The molecule has 1 N–H and O–H groups in total. The number of nitrogens with one attached hydrogen (secondary N) is 1. The number of rotatable bonds is 5. The molecular weight excluding hydrogens is 410 g/mol. The van der Waals surface area contributed by atoms with Crippen molar-refractivity contribution >= 4 is 27.0 Å². The van der Waals surface area contributed by atoms with Crippen LogP contribution in [-0.2, 0) is 6.61 Å². The summed E-state index contributed by atoms with van der Waals surface area (Å²) in [7, 11) is 0. The van der Waals surface area contributed by atoms with Crippen LogP contribution in [0.1, 0.15) is 30.1 Å². The summed E-state index contributed by atoms with van der Waals surface area (Å²) in [5.41, 5.74) is 3.42. The van der Waals surface area contributed by atoms with Crippen LogP contribution < -0.4 is 10.3 Å². The second kappa shape index (κ2) is 6.42. The van der Waals surface area contributed by atoms with Crippen molar-refractivity contribution in [3.63, 3.8) is 0 Å². The molecule has 0 aliphatic heterocycles. The van der Waals surface area contributed by atoms with E-state index in [2.05, 4.69) is 25.9 Å². The number of hydrogen-bond donors (Lipinski definition) is 1. The van der Waals surface area contributed by atoms with E-state index in [0.717, 1.165) is 28.1 Å². The number of ether oxygens (including phenoxy) is 1. The van der Waals surface area contributed by atoms with Crippen molar-refractivity contribution in [2.75, 3.05) is 0 Å². The third-order valence-electron chi connectivity index (χ3n) is 4.64. The van der Waals surface area contributed by atoms with Gasteiger partial charge in [0.05, 0.1) is 23.0 Å². The van der Waals surface area contributed by atoms with Crippen molar-refractivity contribution in [3.8, 4) is 11.4 Å². The third-order valence-corrected chi connectivity index (χ3v) is 5.06. The fraction of sp³-hybridized carbons (Fsp3) is 0.200. The number of nitrogens with zero attached hydrogens (tertiary/aromatic N) is 2. The van der Waals surface area contributed by atoms with E-state index in [4.69, 9.17) is 9.15 Å². The molecule has 1 aromatic carbocycles. The Morgan fingerprint density at radius 3 is 2.89 bits per heavy atom. The van der Waals surface area contributed by atoms with Crippen molar-refractivity contribution in [2.45, 2.75) is 25.4 Å². The molecule has 0 saturated heterocycles. The Bertz CT molecular complexity index is 1190. The molecule has 27 heavy (non-hydrogen) atoms. The highest BCUT2D eigenvalue weighted by Crippen LogP contribution is 2.39. The summed E-state index contributed by atoms with van der Waals surface area (Å²) in [5, 5.41) is 0. The summed E-state index contributed by atoms with van der Waals surface area (Å²) in [5.74, 6) is 2.13. The van der Waals surface area contributed by atoms with E-state index in [-0.39, 0.29) is 5.56 Å². The third kappa shape index (κ3) is 3.30. The van der Waals surface area contributed by atoms with E-state index >= 15 is 0 Å². The molecular formula is C20H16BrN3O3. The second-order valence-corrected chi connectivity index (χ2v) is 7.50. The van der Waals surface area contributed by atoms with Crippen molar-refractivity contribution < 1.29 is 9.15 Å². The minimum atomic E-state index is -0.151. The molecule has 0 unspecified atom stereocenters. The van der Waals surface area contributed by atoms with Gasteiger partial charge in [0.2, 0.25) is 0 Å². The SMILES string of the molecule is O=c1cc(OCc2coc(Br)c2)ccn1-c1ccc2nc(C3CC3)[nH]c2c1. The standard InChI is InChI=1S/C20H16BrN3O3/c21-18-7-12(11-27-18)10-26-15-5-6-24(19(25)9-15)14-3-4-16-17(8-14)23-20(22-16)13-1-2-13/h3-9,11,13H,1-2,10H2,(H,22,23). The highest BCUT2D eigenvalue weighted by Gasteiger charge is 2.26. The maximum absolute atomic E-state index is 12.5. The second-order valence-electron chi connectivity index (χ2n) is 6.72. The van der Waals surface area contributed by atoms with Gasteiger partial charge in [0.15, 0.2) is 4.67 Å². The van der Waals surface area contributed by atoms with Crippen LogP contribution in [0.25, 0.3) is 16.7 Å². The fourth-order valence-corrected chi connectivity index (χ4v) is 3.46. The van der Waals surface area contributed by atoms with Crippen LogP contribution in [0.2, 0.25) is 0 Å². The number of imidazole rings is 1. The van der Waals surface area contributed by atoms with Crippen LogP contribution >= 0.6 is 15.9 Å². The van der Waals surface area contributed by atoms with E-state index in [9.17, 15) is 4.79 Å². The molecule has 1 aliphatic rings. The summed E-state index contributed by atoms with van der Waals surface area (Å²) in [6.45, 7) is 0.336. The van der Waals surface area contributed by atoms with Crippen LogP contribution in [0.4, 0.5) is 0 Å². The highest BCUT2D eigenvalue weighted by atomic mass is 79.9. The van der Waals surface area contributed by atoms with E-state index in [1.54, 1.807) is 23.1 Å². The number of hydrogen-bond acceptors (Lipinski definition) is 4. The normalized spacial score (nSPS) is 14.0. The molecule has 7 heteroatoms. The first kappa shape index (κ1) is 16.4. The zero-order chi connectivity index (χ0) is 18.4. The Kier molecular flexibility index (Phi) is 3.89. The largest absolute Gasteiger partial charge is 0.489 e. The van der Waals surface area contributed by atoms with Gasteiger partial charge in [0.25, 0.3) is 5.56 Å².